The Kier molecular flexibility index (Phi) is 4.91. The molecule has 0 saturated heterocycles. The summed E-state index contributed by atoms with van der Waals surface area (Å²) in [4.78, 5) is 23.9. The molecule has 7 nitrogen and oxygen atoms in total. The molecule has 0 fully saturated rings. The second-order valence-electron chi connectivity index (χ2n) is 4.65. The minimum absolute atomic E-state index is 0.175. The van der Waals surface area contributed by atoms with Crippen molar-refractivity contribution in [2.24, 2.45) is 7.05 Å². The van der Waals surface area contributed by atoms with Crippen molar-refractivity contribution in [1.29, 1.82) is 0 Å². The van der Waals surface area contributed by atoms with Gasteiger partial charge in [-0.25, -0.2) is 4.79 Å². The summed E-state index contributed by atoms with van der Waals surface area (Å²) < 4.78 is 1.72. The van der Waals surface area contributed by atoms with Gasteiger partial charge in [0.05, 0.1) is 6.20 Å². The minimum Gasteiger partial charge on any atom is -0.480 e. The Morgan fingerprint density at radius 2 is 2.16 bits per heavy atom. The van der Waals surface area contributed by atoms with E-state index in [2.05, 4.69) is 10.4 Å². The maximum atomic E-state index is 11.9. The van der Waals surface area contributed by atoms with E-state index in [1.165, 1.54) is 4.90 Å². The lowest BCUT2D eigenvalue weighted by atomic mass is 10.2. The molecule has 106 valence electrons. The van der Waals surface area contributed by atoms with Crippen LogP contribution in [0, 0.1) is 6.92 Å². The molecule has 1 heterocycles. The highest BCUT2D eigenvalue weighted by Gasteiger charge is 2.19. The van der Waals surface area contributed by atoms with E-state index >= 15 is 0 Å². The standard InChI is InChI=1S/C12H20N4O3/c1-8(2)16(7-11(17)18)12(19)13-5-10-6-14-15(4)9(10)3/h6,8H,5,7H2,1-4H3,(H,13,19)(H,17,18). The van der Waals surface area contributed by atoms with E-state index in [9.17, 15) is 9.59 Å². The summed E-state index contributed by atoms with van der Waals surface area (Å²) in [6, 6.07) is -0.563. The molecule has 1 aromatic rings. The summed E-state index contributed by atoms with van der Waals surface area (Å²) in [6.45, 7) is 5.48. The monoisotopic (exact) mass is 268 g/mol. The predicted octanol–water partition coefficient (Wildman–Crippen LogP) is 0.733. The van der Waals surface area contributed by atoms with Crippen LogP contribution in [-0.2, 0) is 18.4 Å². The Labute approximate surface area is 112 Å². The lowest BCUT2D eigenvalue weighted by molar-refractivity contribution is -0.138. The topological polar surface area (TPSA) is 87.5 Å². The fourth-order valence-corrected chi connectivity index (χ4v) is 1.62. The van der Waals surface area contributed by atoms with E-state index < -0.39 is 5.97 Å². The lowest BCUT2D eigenvalue weighted by Gasteiger charge is -2.25. The molecule has 2 N–H and O–H groups in total. The third-order valence-corrected chi connectivity index (χ3v) is 2.96. The van der Waals surface area contributed by atoms with E-state index in [-0.39, 0.29) is 18.6 Å². The Morgan fingerprint density at radius 3 is 2.58 bits per heavy atom. The molecule has 2 amide bonds. The quantitative estimate of drug-likeness (QED) is 0.824. The first-order valence-electron chi connectivity index (χ1n) is 6.06. The fraction of sp³-hybridized carbons (Fsp3) is 0.583. The molecule has 7 heteroatoms. The van der Waals surface area contributed by atoms with Crippen LogP contribution in [0.3, 0.4) is 0 Å². The van der Waals surface area contributed by atoms with Gasteiger partial charge in [0.15, 0.2) is 0 Å². The summed E-state index contributed by atoms with van der Waals surface area (Å²) in [5.41, 5.74) is 1.88. The van der Waals surface area contributed by atoms with Gasteiger partial charge in [0.2, 0.25) is 0 Å². The van der Waals surface area contributed by atoms with Crippen molar-refractivity contribution >= 4 is 12.0 Å². The Bertz CT molecular complexity index is 468. The average Bonchev–Trinajstić information content (AvgIpc) is 2.63. The van der Waals surface area contributed by atoms with Crippen LogP contribution in [-0.4, -0.2) is 44.4 Å². The second kappa shape index (κ2) is 6.21. The number of rotatable bonds is 5. The van der Waals surface area contributed by atoms with Crippen LogP contribution in [0.4, 0.5) is 4.79 Å². The summed E-state index contributed by atoms with van der Waals surface area (Å²) in [6.07, 6.45) is 1.69. The van der Waals surface area contributed by atoms with Crippen molar-refractivity contribution in [3.63, 3.8) is 0 Å². The molecule has 0 saturated carbocycles. The number of aryl methyl sites for hydroxylation is 1. The molecule has 0 atom stereocenters. The summed E-state index contributed by atoms with van der Waals surface area (Å²) in [7, 11) is 1.82. The lowest BCUT2D eigenvalue weighted by Crippen LogP contribution is -2.46. The van der Waals surface area contributed by atoms with E-state index in [0.29, 0.717) is 6.54 Å². The van der Waals surface area contributed by atoms with Gasteiger partial charge in [-0.2, -0.15) is 5.10 Å². The second-order valence-corrected chi connectivity index (χ2v) is 4.65. The molecule has 0 aliphatic heterocycles. The van der Waals surface area contributed by atoms with Gasteiger partial charge < -0.3 is 15.3 Å². The van der Waals surface area contributed by atoms with Crippen molar-refractivity contribution in [3.8, 4) is 0 Å². The summed E-state index contributed by atoms with van der Waals surface area (Å²) in [5, 5.41) is 15.6. The van der Waals surface area contributed by atoms with Crippen LogP contribution in [0.25, 0.3) is 0 Å². The van der Waals surface area contributed by atoms with Crippen LogP contribution < -0.4 is 5.32 Å². The van der Waals surface area contributed by atoms with Crippen LogP contribution >= 0.6 is 0 Å². The summed E-state index contributed by atoms with van der Waals surface area (Å²) in [5.74, 6) is -1.03. The zero-order chi connectivity index (χ0) is 14.6. The molecule has 0 spiro atoms. The highest BCUT2D eigenvalue weighted by Crippen LogP contribution is 2.06. The van der Waals surface area contributed by atoms with Crippen LogP contribution in [0.5, 0.6) is 0 Å². The van der Waals surface area contributed by atoms with E-state index in [1.807, 2.05) is 14.0 Å². The molecule has 0 bridgehead atoms. The van der Waals surface area contributed by atoms with Crippen molar-refractivity contribution in [3.05, 3.63) is 17.5 Å². The van der Waals surface area contributed by atoms with E-state index in [4.69, 9.17) is 5.11 Å². The highest BCUT2D eigenvalue weighted by atomic mass is 16.4. The van der Waals surface area contributed by atoms with Gasteiger partial charge in [0, 0.05) is 30.9 Å². The number of nitrogens with zero attached hydrogens (tertiary/aromatic N) is 3. The number of hydrogen-bond acceptors (Lipinski definition) is 3. The van der Waals surface area contributed by atoms with Gasteiger partial charge >= 0.3 is 12.0 Å². The predicted molar refractivity (Wildman–Crippen MR) is 69.7 cm³/mol. The first-order chi connectivity index (χ1) is 8.82. The van der Waals surface area contributed by atoms with Crippen LogP contribution in [0.15, 0.2) is 6.20 Å². The van der Waals surface area contributed by atoms with Crippen LogP contribution in [0.2, 0.25) is 0 Å². The molecule has 0 aliphatic rings. The van der Waals surface area contributed by atoms with Crippen molar-refractivity contribution in [2.45, 2.75) is 33.4 Å². The normalized spacial score (nSPS) is 10.6. The third kappa shape index (κ3) is 3.97. The average molecular weight is 268 g/mol. The molecule has 1 rings (SSSR count). The first-order valence-corrected chi connectivity index (χ1v) is 6.06. The van der Waals surface area contributed by atoms with Gasteiger partial charge in [0.1, 0.15) is 6.54 Å². The van der Waals surface area contributed by atoms with Crippen molar-refractivity contribution in [2.75, 3.05) is 6.54 Å². The van der Waals surface area contributed by atoms with Crippen LogP contribution in [0.1, 0.15) is 25.1 Å². The molecular formula is C12H20N4O3. The molecule has 0 radical (unpaired) electrons. The number of carbonyl (C=O) groups excluding carboxylic acids is 1. The number of carboxylic acids is 1. The molecule has 19 heavy (non-hydrogen) atoms. The number of carboxylic acid groups (broad SMARTS) is 1. The molecule has 0 unspecified atom stereocenters. The van der Waals surface area contributed by atoms with E-state index in [1.54, 1.807) is 24.7 Å². The van der Waals surface area contributed by atoms with Crippen molar-refractivity contribution < 1.29 is 14.7 Å². The number of amides is 2. The molecule has 0 aliphatic carbocycles. The number of urea groups is 1. The zero-order valence-corrected chi connectivity index (χ0v) is 11.7. The third-order valence-electron chi connectivity index (χ3n) is 2.96. The number of aliphatic carboxylic acids is 1. The van der Waals surface area contributed by atoms with Gasteiger partial charge in [-0.05, 0) is 20.8 Å². The number of aromatic nitrogens is 2. The Hall–Kier alpha value is -2.05. The Morgan fingerprint density at radius 1 is 1.53 bits per heavy atom. The van der Waals surface area contributed by atoms with Gasteiger partial charge in [-0.3, -0.25) is 9.48 Å². The minimum atomic E-state index is -1.03. The van der Waals surface area contributed by atoms with Gasteiger partial charge in [-0.1, -0.05) is 0 Å². The van der Waals surface area contributed by atoms with Crippen molar-refractivity contribution in [1.82, 2.24) is 20.0 Å². The van der Waals surface area contributed by atoms with Gasteiger partial charge in [0.25, 0.3) is 0 Å². The number of carbonyl (C=O) groups is 2. The first kappa shape index (κ1) is 15.0. The largest absolute Gasteiger partial charge is 0.480 e. The number of nitrogens with one attached hydrogen (secondary N) is 1. The highest BCUT2D eigenvalue weighted by molar-refractivity contribution is 5.80. The smallest absolute Gasteiger partial charge is 0.323 e. The van der Waals surface area contributed by atoms with Gasteiger partial charge in [-0.15, -0.1) is 0 Å². The molecule has 0 aromatic carbocycles. The fourth-order valence-electron chi connectivity index (χ4n) is 1.62. The maximum Gasteiger partial charge on any atom is 0.323 e. The molecule has 1 aromatic heterocycles. The molecular weight excluding hydrogens is 248 g/mol. The summed E-state index contributed by atoms with van der Waals surface area (Å²) >= 11 is 0. The zero-order valence-electron chi connectivity index (χ0n) is 11.7. The maximum absolute atomic E-state index is 11.9. The SMILES string of the molecule is Cc1c(CNC(=O)N(CC(=O)O)C(C)C)cnn1C. The number of hydrogen-bond donors (Lipinski definition) is 2. The van der Waals surface area contributed by atoms with E-state index in [0.717, 1.165) is 11.3 Å². The Balaban J connectivity index is 2.62.